The molecule has 1 unspecified atom stereocenters. The van der Waals surface area contributed by atoms with Crippen molar-refractivity contribution in [3.63, 3.8) is 0 Å². The zero-order valence-corrected chi connectivity index (χ0v) is 17.2. The van der Waals surface area contributed by atoms with Gasteiger partial charge in [-0.25, -0.2) is 0 Å². The molecule has 0 bridgehead atoms. The Labute approximate surface area is 184 Å². The van der Waals surface area contributed by atoms with E-state index < -0.39 is 80.5 Å². The minimum Gasteiger partial charge on any atom is -0.508 e. The fraction of sp³-hybridized carbons (Fsp3) is 0.700. The average molecular weight is 461 g/mol. The summed E-state index contributed by atoms with van der Waals surface area (Å²) in [6, 6.07) is 5.45. The highest BCUT2D eigenvalue weighted by atomic mass is 16.7. The molecule has 12 heteroatoms. The summed E-state index contributed by atoms with van der Waals surface area (Å²) in [5.74, 6) is -0.905. The summed E-state index contributed by atoms with van der Waals surface area (Å²) in [5.41, 5.74) is 6.82. The molecular formula is C20H31NO11. The number of ether oxygens (including phenoxy) is 3. The zero-order valence-electron chi connectivity index (χ0n) is 17.2. The van der Waals surface area contributed by atoms with Crippen LogP contribution in [0.1, 0.15) is 18.0 Å². The Morgan fingerprint density at radius 3 is 2.06 bits per heavy atom. The predicted octanol–water partition coefficient (Wildman–Crippen LogP) is -3.35. The van der Waals surface area contributed by atoms with Crippen molar-refractivity contribution in [2.45, 2.75) is 67.8 Å². The highest BCUT2D eigenvalue weighted by molar-refractivity contribution is 5.27. The van der Waals surface area contributed by atoms with Crippen molar-refractivity contribution in [2.24, 2.45) is 11.7 Å². The van der Waals surface area contributed by atoms with E-state index in [1.807, 2.05) is 0 Å². The highest BCUT2D eigenvalue weighted by Gasteiger charge is 2.50. The van der Waals surface area contributed by atoms with E-state index >= 15 is 0 Å². The first-order valence-corrected chi connectivity index (χ1v) is 10.3. The molecule has 0 radical (unpaired) electrons. The molecule has 0 amide bonds. The van der Waals surface area contributed by atoms with Crippen LogP contribution in [-0.4, -0.2) is 109 Å². The molecule has 1 aromatic carbocycles. The summed E-state index contributed by atoms with van der Waals surface area (Å²) in [7, 11) is 0. The maximum atomic E-state index is 10.9. The quantitative estimate of drug-likeness (QED) is 0.195. The molecule has 0 aromatic heterocycles. The molecule has 2 aliphatic rings. The number of aliphatic hydroxyl groups excluding tert-OH is 7. The molecule has 1 aromatic rings. The normalized spacial score (nSPS) is 41.4. The van der Waals surface area contributed by atoms with Gasteiger partial charge in [0.05, 0.1) is 19.3 Å². The third-order valence-electron chi connectivity index (χ3n) is 5.99. The van der Waals surface area contributed by atoms with Gasteiger partial charge < -0.3 is 60.8 Å². The van der Waals surface area contributed by atoms with Crippen LogP contribution in [0.25, 0.3) is 0 Å². The van der Waals surface area contributed by atoms with Crippen LogP contribution in [-0.2, 0) is 14.2 Å². The lowest BCUT2D eigenvalue weighted by Crippen LogP contribution is -2.63. The summed E-state index contributed by atoms with van der Waals surface area (Å²) >= 11 is 0. The Balaban J connectivity index is 1.75. The molecule has 3 rings (SSSR count). The number of benzene rings is 1. The van der Waals surface area contributed by atoms with Crippen LogP contribution in [0.3, 0.4) is 0 Å². The van der Waals surface area contributed by atoms with Gasteiger partial charge in [0.15, 0.2) is 12.6 Å². The Bertz CT molecular complexity index is 720. The fourth-order valence-electron chi connectivity index (χ4n) is 4.05. The summed E-state index contributed by atoms with van der Waals surface area (Å²) in [5, 5.41) is 79.8. The van der Waals surface area contributed by atoms with Gasteiger partial charge in [-0.05, 0) is 24.1 Å². The number of aromatic hydroxyl groups is 1. The van der Waals surface area contributed by atoms with Crippen LogP contribution < -0.4 is 5.73 Å². The van der Waals surface area contributed by atoms with E-state index in [-0.39, 0.29) is 12.2 Å². The van der Waals surface area contributed by atoms with Crippen LogP contribution in [0.4, 0.5) is 0 Å². The minimum absolute atomic E-state index is 0.0415. The van der Waals surface area contributed by atoms with Crippen molar-refractivity contribution in [1.82, 2.24) is 0 Å². The molecule has 32 heavy (non-hydrogen) atoms. The number of hydrogen-bond donors (Lipinski definition) is 9. The number of hydrogen-bond acceptors (Lipinski definition) is 12. The molecule has 11 atom stereocenters. The summed E-state index contributed by atoms with van der Waals surface area (Å²) in [6.45, 7) is -1.31. The lowest BCUT2D eigenvalue weighted by Gasteiger charge is -2.46. The van der Waals surface area contributed by atoms with Gasteiger partial charge in [0, 0.05) is 12.0 Å². The molecule has 2 fully saturated rings. The van der Waals surface area contributed by atoms with Gasteiger partial charge in [-0.3, -0.25) is 0 Å². The van der Waals surface area contributed by atoms with Gasteiger partial charge in [-0.2, -0.15) is 0 Å². The van der Waals surface area contributed by atoms with E-state index in [0.717, 1.165) is 0 Å². The molecule has 2 saturated heterocycles. The van der Waals surface area contributed by atoms with Gasteiger partial charge in [0.25, 0.3) is 0 Å². The van der Waals surface area contributed by atoms with Crippen LogP contribution in [0.15, 0.2) is 24.3 Å². The van der Waals surface area contributed by atoms with Crippen molar-refractivity contribution in [1.29, 1.82) is 0 Å². The van der Waals surface area contributed by atoms with Crippen molar-refractivity contribution in [2.75, 3.05) is 13.2 Å². The number of phenolic OH excluding ortho intramolecular Hbond substituents is 1. The summed E-state index contributed by atoms with van der Waals surface area (Å²) in [6.07, 6.45) is -13.2. The van der Waals surface area contributed by atoms with Crippen LogP contribution in [0.2, 0.25) is 0 Å². The number of nitrogens with two attached hydrogens (primary N) is 1. The smallest absolute Gasteiger partial charge is 0.187 e. The van der Waals surface area contributed by atoms with Crippen LogP contribution in [0.5, 0.6) is 5.75 Å². The second-order valence-corrected chi connectivity index (χ2v) is 8.13. The largest absolute Gasteiger partial charge is 0.508 e. The molecule has 12 nitrogen and oxygen atoms in total. The van der Waals surface area contributed by atoms with Crippen LogP contribution in [0, 0.1) is 5.92 Å². The Hall–Kier alpha value is -1.42. The Morgan fingerprint density at radius 2 is 1.47 bits per heavy atom. The Kier molecular flexibility index (Phi) is 8.41. The molecule has 2 heterocycles. The van der Waals surface area contributed by atoms with Crippen molar-refractivity contribution >= 4 is 0 Å². The first kappa shape index (κ1) is 25.2. The molecule has 0 aliphatic carbocycles. The van der Waals surface area contributed by atoms with Gasteiger partial charge in [0.2, 0.25) is 0 Å². The van der Waals surface area contributed by atoms with E-state index in [9.17, 15) is 40.9 Å². The van der Waals surface area contributed by atoms with Crippen molar-refractivity contribution in [3.8, 4) is 5.75 Å². The molecule has 0 saturated carbocycles. The number of aliphatic hydroxyl groups is 7. The molecular weight excluding hydrogens is 430 g/mol. The average Bonchev–Trinajstić information content (AvgIpc) is 2.78. The van der Waals surface area contributed by atoms with Gasteiger partial charge >= 0.3 is 0 Å². The summed E-state index contributed by atoms with van der Waals surface area (Å²) in [4.78, 5) is 0. The van der Waals surface area contributed by atoms with Gasteiger partial charge in [0.1, 0.15) is 42.4 Å². The van der Waals surface area contributed by atoms with E-state index in [2.05, 4.69) is 0 Å². The van der Waals surface area contributed by atoms with Gasteiger partial charge in [-0.15, -0.1) is 0 Å². The standard InChI is InChI=1S/C20H31NO11/c21-11(8-1-3-9(24)4-2-8)5-10-14(25)18(13(7-23)30-19(10)29)32-20-17(28)16(27)15(26)12(6-22)31-20/h1-4,10-20,22-29H,5-7,21H2/t10-,11?,12-,13-,14-,15-,16+,17-,18-,19-,20-/m1/s1. The SMILES string of the molecule is NC(C[C@@H]1[C@@H](O)[C@H](O[C@H]2O[C@H](CO)[C@@H](O)[C@H](O)[C@H]2O)[C@@H](CO)O[C@H]1O)c1ccc(O)cc1. The van der Waals surface area contributed by atoms with E-state index in [0.29, 0.717) is 5.56 Å². The highest BCUT2D eigenvalue weighted by Crippen LogP contribution is 2.35. The van der Waals surface area contributed by atoms with E-state index in [1.165, 1.54) is 12.1 Å². The van der Waals surface area contributed by atoms with Crippen molar-refractivity contribution in [3.05, 3.63) is 29.8 Å². The molecule has 10 N–H and O–H groups in total. The maximum absolute atomic E-state index is 10.9. The number of rotatable bonds is 7. The van der Waals surface area contributed by atoms with E-state index in [4.69, 9.17) is 19.9 Å². The molecule has 0 spiro atoms. The third kappa shape index (κ3) is 5.21. The lowest BCUT2D eigenvalue weighted by molar-refractivity contribution is -0.351. The minimum atomic E-state index is -1.72. The van der Waals surface area contributed by atoms with Crippen molar-refractivity contribution < 1.29 is 55.1 Å². The first-order valence-electron chi connectivity index (χ1n) is 10.3. The zero-order chi connectivity index (χ0) is 23.6. The maximum Gasteiger partial charge on any atom is 0.187 e. The summed E-state index contributed by atoms with van der Waals surface area (Å²) < 4.78 is 16.3. The second kappa shape index (κ2) is 10.7. The topological polar surface area (TPSA) is 216 Å². The molecule has 2 aliphatic heterocycles. The fourth-order valence-corrected chi connectivity index (χ4v) is 4.05. The third-order valence-corrected chi connectivity index (χ3v) is 5.99. The Morgan fingerprint density at radius 1 is 0.844 bits per heavy atom. The molecule has 182 valence electrons. The van der Waals surface area contributed by atoms with E-state index in [1.54, 1.807) is 12.1 Å². The monoisotopic (exact) mass is 461 g/mol. The van der Waals surface area contributed by atoms with Crippen LogP contribution >= 0.6 is 0 Å². The van der Waals surface area contributed by atoms with Gasteiger partial charge in [-0.1, -0.05) is 12.1 Å². The first-order chi connectivity index (χ1) is 15.2. The predicted molar refractivity (Wildman–Crippen MR) is 106 cm³/mol. The second-order valence-electron chi connectivity index (χ2n) is 8.13. The number of phenols is 1. The lowest BCUT2D eigenvalue weighted by atomic mass is 9.84.